The smallest absolute Gasteiger partial charge is 0.145 e. The molecule has 0 spiro atoms. The number of aliphatic hydroxyl groups excluding tert-OH is 1. The predicted octanol–water partition coefficient (Wildman–Crippen LogP) is 1.77. The molecule has 0 saturated heterocycles. The van der Waals surface area contributed by atoms with Crippen LogP contribution in [0.3, 0.4) is 0 Å². The third-order valence-corrected chi connectivity index (χ3v) is 3.56. The zero-order valence-electron chi connectivity index (χ0n) is 12.3. The fraction of sp³-hybridized carbons (Fsp3) is 0.533. The Kier molecular flexibility index (Phi) is 5.99. The number of methoxy groups -OCH3 is 1. The van der Waals surface area contributed by atoms with Crippen LogP contribution < -0.4 is 0 Å². The Balaban J connectivity index is 1.80. The summed E-state index contributed by atoms with van der Waals surface area (Å²) in [6.07, 6.45) is 0.278. The molecule has 0 saturated carbocycles. The molecule has 0 amide bonds. The molecule has 2 unspecified atom stereocenters. The minimum Gasteiger partial charge on any atom is -0.390 e. The van der Waals surface area contributed by atoms with Crippen LogP contribution in [0.2, 0.25) is 5.02 Å². The number of ether oxygens (including phenoxy) is 1. The standard InChI is InChI=1S/C15H21ClN2O3/c1-18(8-13(19)10-20-2)9-14-7-15(17-21-14)11-3-5-12(16)6-4-11/h3-6,13-14,19H,7-10H2,1-2H3. The van der Waals surface area contributed by atoms with Crippen LogP contribution in [-0.2, 0) is 9.57 Å². The molecule has 1 aliphatic rings. The molecule has 1 aromatic rings. The highest BCUT2D eigenvalue weighted by Gasteiger charge is 2.24. The zero-order valence-corrected chi connectivity index (χ0v) is 13.1. The number of aliphatic hydroxyl groups is 1. The van der Waals surface area contributed by atoms with E-state index in [4.69, 9.17) is 21.2 Å². The molecular formula is C15H21ClN2O3. The Bertz CT molecular complexity index is 478. The van der Waals surface area contributed by atoms with E-state index in [9.17, 15) is 5.11 Å². The molecule has 1 N–H and O–H groups in total. The van der Waals surface area contributed by atoms with Crippen molar-refractivity contribution in [2.24, 2.45) is 5.16 Å². The molecule has 0 aromatic heterocycles. The van der Waals surface area contributed by atoms with Gasteiger partial charge in [-0.3, -0.25) is 4.90 Å². The highest BCUT2D eigenvalue weighted by molar-refractivity contribution is 6.30. The summed E-state index contributed by atoms with van der Waals surface area (Å²) in [6, 6.07) is 7.58. The largest absolute Gasteiger partial charge is 0.390 e. The Morgan fingerprint density at radius 1 is 1.48 bits per heavy atom. The minimum absolute atomic E-state index is 0.00965. The van der Waals surface area contributed by atoms with Gasteiger partial charge in [-0.2, -0.15) is 0 Å². The first-order valence-electron chi connectivity index (χ1n) is 6.92. The van der Waals surface area contributed by atoms with E-state index < -0.39 is 6.10 Å². The van der Waals surface area contributed by atoms with Gasteiger partial charge in [-0.25, -0.2) is 0 Å². The molecule has 116 valence electrons. The lowest BCUT2D eigenvalue weighted by Gasteiger charge is -2.22. The Morgan fingerprint density at radius 2 is 2.19 bits per heavy atom. The molecule has 2 rings (SSSR count). The quantitative estimate of drug-likeness (QED) is 0.834. The van der Waals surface area contributed by atoms with E-state index in [2.05, 4.69) is 5.16 Å². The molecule has 1 heterocycles. The lowest BCUT2D eigenvalue weighted by atomic mass is 10.0. The van der Waals surface area contributed by atoms with Crippen molar-refractivity contribution in [3.05, 3.63) is 34.9 Å². The van der Waals surface area contributed by atoms with Gasteiger partial charge in [-0.15, -0.1) is 0 Å². The van der Waals surface area contributed by atoms with Gasteiger partial charge in [0, 0.05) is 31.6 Å². The minimum atomic E-state index is -0.488. The number of rotatable bonds is 7. The number of likely N-dealkylation sites (N-methyl/N-ethyl adjacent to an activating group) is 1. The van der Waals surface area contributed by atoms with Crippen LogP contribution in [0.4, 0.5) is 0 Å². The summed E-state index contributed by atoms with van der Waals surface area (Å²) in [7, 11) is 3.53. The first-order valence-corrected chi connectivity index (χ1v) is 7.30. The highest BCUT2D eigenvalue weighted by Crippen LogP contribution is 2.19. The van der Waals surface area contributed by atoms with Crippen molar-refractivity contribution in [2.75, 3.05) is 33.9 Å². The summed E-state index contributed by atoms with van der Waals surface area (Å²) in [6.45, 7) is 1.59. The number of halogens is 1. The Morgan fingerprint density at radius 3 is 2.86 bits per heavy atom. The van der Waals surface area contributed by atoms with Crippen molar-refractivity contribution in [2.45, 2.75) is 18.6 Å². The second-order valence-corrected chi connectivity index (χ2v) is 5.74. The fourth-order valence-corrected chi connectivity index (χ4v) is 2.49. The van der Waals surface area contributed by atoms with Gasteiger partial charge in [0.05, 0.1) is 18.4 Å². The van der Waals surface area contributed by atoms with Crippen LogP contribution in [0.5, 0.6) is 0 Å². The van der Waals surface area contributed by atoms with Gasteiger partial charge in [0.2, 0.25) is 0 Å². The molecule has 0 bridgehead atoms. The second-order valence-electron chi connectivity index (χ2n) is 5.31. The van der Waals surface area contributed by atoms with Crippen molar-refractivity contribution < 1.29 is 14.7 Å². The first kappa shape index (κ1) is 16.2. The van der Waals surface area contributed by atoms with E-state index in [0.29, 0.717) is 24.7 Å². The average Bonchev–Trinajstić information content (AvgIpc) is 2.88. The van der Waals surface area contributed by atoms with Crippen molar-refractivity contribution in [3.63, 3.8) is 0 Å². The number of oxime groups is 1. The second kappa shape index (κ2) is 7.75. The third kappa shape index (κ3) is 4.97. The maximum absolute atomic E-state index is 9.70. The predicted molar refractivity (Wildman–Crippen MR) is 82.9 cm³/mol. The van der Waals surface area contributed by atoms with Crippen molar-refractivity contribution in [1.29, 1.82) is 0 Å². The molecule has 0 radical (unpaired) electrons. The SMILES string of the molecule is COCC(O)CN(C)CC1CC(c2ccc(Cl)cc2)=NO1. The third-order valence-electron chi connectivity index (χ3n) is 3.31. The number of nitrogens with zero attached hydrogens (tertiary/aromatic N) is 2. The molecule has 1 aromatic carbocycles. The summed E-state index contributed by atoms with van der Waals surface area (Å²) >= 11 is 5.88. The van der Waals surface area contributed by atoms with E-state index in [1.807, 2.05) is 36.2 Å². The van der Waals surface area contributed by atoms with Crippen LogP contribution in [0.15, 0.2) is 29.4 Å². The molecule has 5 nitrogen and oxygen atoms in total. The summed E-state index contributed by atoms with van der Waals surface area (Å²) in [4.78, 5) is 7.49. The molecule has 2 atom stereocenters. The van der Waals surface area contributed by atoms with Crippen molar-refractivity contribution >= 4 is 17.3 Å². The number of hydrogen-bond donors (Lipinski definition) is 1. The summed E-state index contributed by atoms with van der Waals surface area (Å²) in [5.41, 5.74) is 1.96. The first-order chi connectivity index (χ1) is 10.1. The van der Waals surface area contributed by atoms with E-state index >= 15 is 0 Å². The number of benzene rings is 1. The molecule has 1 aliphatic heterocycles. The summed E-state index contributed by atoms with van der Waals surface area (Å²) in [5.74, 6) is 0. The van der Waals surface area contributed by atoms with Gasteiger partial charge in [0.1, 0.15) is 6.10 Å². The fourth-order valence-electron chi connectivity index (χ4n) is 2.37. The van der Waals surface area contributed by atoms with E-state index in [1.165, 1.54) is 0 Å². The maximum Gasteiger partial charge on any atom is 0.145 e. The number of hydrogen-bond acceptors (Lipinski definition) is 5. The highest BCUT2D eigenvalue weighted by atomic mass is 35.5. The lowest BCUT2D eigenvalue weighted by Crippen LogP contribution is -2.36. The molecule has 6 heteroatoms. The molecular weight excluding hydrogens is 292 g/mol. The molecule has 0 aliphatic carbocycles. The van der Waals surface area contributed by atoms with Crippen molar-refractivity contribution in [3.8, 4) is 0 Å². The van der Waals surface area contributed by atoms with Gasteiger partial charge >= 0.3 is 0 Å². The van der Waals surface area contributed by atoms with Crippen LogP contribution >= 0.6 is 11.6 Å². The van der Waals surface area contributed by atoms with Gasteiger partial charge in [0.15, 0.2) is 0 Å². The lowest BCUT2D eigenvalue weighted by molar-refractivity contribution is 0.0198. The van der Waals surface area contributed by atoms with Crippen LogP contribution in [0.1, 0.15) is 12.0 Å². The molecule has 0 fully saturated rings. The van der Waals surface area contributed by atoms with E-state index in [0.717, 1.165) is 17.7 Å². The Labute approximate surface area is 130 Å². The van der Waals surface area contributed by atoms with Crippen LogP contribution in [0.25, 0.3) is 0 Å². The van der Waals surface area contributed by atoms with Gasteiger partial charge in [-0.1, -0.05) is 28.9 Å². The average molecular weight is 313 g/mol. The maximum atomic E-state index is 9.70. The molecule has 21 heavy (non-hydrogen) atoms. The monoisotopic (exact) mass is 312 g/mol. The van der Waals surface area contributed by atoms with Crippen molar-refractivity contribution in [1.82, 2.24) is 4.90 Å². The van der Waals surface area contributed by atoms with E-state index in [-0.39, 0.29) is 6.10 Å². The summed E-state index contributed by atoms with van der Waals surface area (Å²) in [5, 5.41) is 14.6. The van der Waals surface area contributed by atoms with Gasteiger partial charge in [-0.05, 0) is 24.7 Å². The van der Waals surface area contributed by atoms with Gasteiger partial charge in [0.25, 0.3) is 0 Å². The normalized spacial score (nSPS) is 19.5. The van der Waals surface area contributed by atoms with Crippen LogP contribution in [-0.4, -0.2) is 61.8 Å². The van der Waals surface area contributed by atoms with Crippen LogP contribution in [0, 0.1) is 0 Å². The van der Waals surface area contributed by atoms with Gasteiger partial charge < -0.3 is 14.7 Å². The summed E-state index contributed by atoms with van der Waals surface area (Å²) < 4.78 is 4.92. The zero-order chi connectivity index (χ0) is 15.2. The topological polar surface area (TPSA) is 54.3 Å². The van der Waals surface area contributed by atoms with E-state index in [1.54, 1.807) is 7.11 Å². The Hall–Kier alpha value is -1.14.